The van der Waals surface area contributed by atoms with Crippen molar-refractivity contribution in [3.8, 4) is 0 Å². The van der Waals surface area contributed by atoms with Crippen LogP contribution in [0.1, 0.15) is 0 Å². The van der Waals surface area contributed by atoms with Crippen LogP contribution in [0.4, 0.5) is 11.4 Å². The normalized spacial score (nSPS) is 23.6. The van der Waals surface area contributed by atoms with E-state index in [1.165, 1.54) is 5.11 Å². The number of rotatable bonds is 2. The first-order valence-corrected chi connectivity index (χ1v) is 15.3. The van der Waals surface area contributed by atoms with Gasteiger partial charge in [-0.3, -0.25) is 0 Å². The molecule has 0 unspecified atom stereocenters. The Hall–Kier alpha value is -1.04. The van der Waals surface area contributed by atoms with Gasteiger partial charge in [0.25, 0.3) is 0 Å². The van der Waals surface area contributed by atoms with Crippen LogP contribution in [0.3, 0.4) is 0 Å². The van der Waals surface area contributed by atoms with Gasteiger partial charge in [0.1, 0.15) is 0 Å². The van der Waals surface area contributed by atoms with Gasteiger partial charge in [-0.25, -0.2) is 0 Å². The SMILES string of the molecule is Clc1ccc(N=C2[Se]S3=C4N2C=CN4C(=Nc2ccc(Cl)cc2)[Se]3)cc1. The molecule has 5 rings (SSSR count). The van der Waals surface area contributed by atoms with Crippen molar-refractivity contribution in [1.29, 1.82) is 0 Å². The fourth-order valence-electron chi connectivity index (χ4n) is 2.53. The van der Waals surface area contributed by atoms with Crippen molar-refractivity contribution < 1.29 is 0 Å². The third kappa shape index (κ3) is 3.08. The Balaban J connectivity index is 1.41. The predicted molar refractivity (Wildman–Crippen MR) is 114 cm³/mol. The molecule has 0 saturated carbocycles. The summed E-state index contributed by atoms with van der Waals surface area (Å²) < 4.78 is 2.31. The molecule has 4 nitrogen and oxygen atoms in total. The summed E-state index contributed by atoms with van der Waals surface area (Å²) in [5.74, 6) is 0. The van der Waals surface area contributed by atoms with Crippen LogP contribution >= 0.6 is 30.5 Å². The molecular formula is C17H10Cl2N4SSe2. The standard InChI is InChI=1S/C17H10Cl2N4SSe2/c18-11-1-5-13(6-2-11)20-15-22-9-10-23-16(26-24(25-15)17(22)23)21-14-7-3-12(19)4-8-14/h1-10H. The average Bonchev–Trinajstić information content (AvgIpc) is 3.29. The van der Waals surface area contributed by atoms with Crippen molar-refractivity contribution in [3.63, 3.8) is 0 Å². The van der Waals surface area contributed by atoms with Gasteiger partial charge >= 0.3 is 175 Å². The summed E-state index contributed by atoms with van der Waals surface area (Å²) in [6.07, 6.45) is 4.21. The minimum absolute atomic E-state index is 0.235. The first-order valence-electron chi connectivity index (χ1n) is 7.60. The molecule has 3 aliphatic rings. The van der Waals surface area contributed by atoms with Gasteiger partial charge in [0.15, 0.2) is 0 Å². The van der Waals surface area contributed by atoms with Crippen LogP contribution in [0.25, 0.3) is 0 Å². The summed E-state index contributed by atoms with van der Waals surface area (Å²) in [6.45, 7) is 0. The minimum atomic E-state index is 0.235. The van der Waals surface area contributed by atoms with Gasteiger partial charge in [0, 0.05) is 0 Å². The van der Waals surface area contributed by atoms with Crippen molar-refractivity contribution in [1.82, 2.24) is 9.80 Å². The molecule has 0 atom stereocenters. The van der Waals surface area contributed by atoms with E-state index in [-0.39, 0.29) is 7.32 Å². The topological polar surface area (TPSA) is 31.2 Å². The van der Waals surface area contributed by atoms with Crippen LogP contribution in [-0.2, 0) is 0 Å². The molecule has 3 aliphatic heterocycles. The molecule has 3 heterocycles. The number of amidine groups is 2. The van der Waals surface area contributed by atoms with Crippen molar-refractivity contribution >= 4 is 84.1 Å². The number of hydrogen-bond acceptors (Lipinski definition) is 2. The van der Waals surface area contributed by atoms with E-state index in [9.17, 15) is 0 Å². The first-order chi connectivity index (χ1) is 12.7. The maximum absolute atomic E-state index is 5.97. The summed E-state index contributed by atoms with van der Waals surface area (Å²) in [4.78, 5) is 14.2. The number of nitrogens with zero attached hydrogens (tertiary/aromatic N) is 4. The number of benzene rings is 2. The second-order valence-corrected chi connectivity index (χ2v) is 18.5. The molecule has 2 aromatic rings. The summed E-state index contributed by atoms with van der Waals surface area (Å²) in [7, 11) is 0.235. The maximum atomic E-state index is 5.97. The van der Waals surface area contributed by atoms with E-state index in [4.69, 9.17) is 33.2 Å². The van der Waals surface area contributed by atoms with E-state index in [1.54, 1.807) is 0 Å². The molecular weight excluding hydrogens is 521 g/mol. The Morgan fingerprint density at radius 3 is 1.54 bits per heavy atom. The zero-order chi connectivity index (χ0) is 17.7. The second kappa shape index (κ2) is 6.84. The van der Waals surface area contributed by atoms with E-state index in [2.05, 4.69) is 22.2 Å². The Labute approximate surface area is 174 Å². The van der Waals surface area contributed by atoms with E-state index < -0.39 is 0 Å². The zero-order valence-electron chi connectivity index (χ0n) is 13.0. The van der Waals surface area contributed by atoms with Crippen LogP contribution < -0.4 is 0 Å². The van der Waals surface area contributed by atoms with Crippen molar-refractivity contribution in [2.24, 2.45) is 9.98 Å². The van der Waals surface area contributed by atoms with Crippen molar-refractivity contribution in [3.05, 3.63) is 71.0 Å². The van der Waals surface area contributed by atoms with E-state index in [1.807, 2.05) is 48.5 Å². The summed E-state index contributed by atoms with van der Waals surface area (Å²) >= 11 is 12.6. The summed E-state index contributed by atoms with van der Waals surface area (Å²) in [5.41, 5.74) is 1.90. The van der Waals surface area contributed by atoms with Gasteiger partial charge in [-0.15, -0.1) is 0 Å². The third-order valence-electron chi connectivity index (χ3n) is 3.74. The molecule has 0 amide bonds. The molecule has 0 fully saturated rings. The van der Waals surface area contributed by atoms with E-state index >= 15 is 0 Å². The second-order valence-electron chi connectivity index (χ2n) is 5.46. The Bertz CT molecular complexity index is 937. The monoisotopic (exact) mass is 532 g/mol. The molecule has 2 aromatic carbocycles. The van der Waals surface area contributed by atoms with Crippen LogP contribution in [0.2, 0.25) is 10.0 Å². The van der Waals surface area contributed by atoms with Gasteiger partial charge in [-0.2, -0.15) is 0 Å². The molecule has 0 radical (unpaired) electrons. The molecule has 130 valence electrons. The predicted octanol–water partition coefficient (Wildman–Crippen LogP) is 4.38. The fraction of sp³-hybridized carbons (Fsp3) is 0. The van der Waals surface area contributed by atoms with E-state index in [0.29, 0.717) is 27.7 Å². The molecule has 0 aliphatic carbocycles. The summed E-state index contributed by atoms with van der Waals surface area (Å²) in [6, 6.07) is 15.4. The first kappa shape index (κ1) is 17.1. The van der Waals surface area contributed by atoms with Crippen molar-refractivity contribution in [2.45, 2.75) is 0 Å². The molecule has 0 saturated heterocycles. The molecule has 0 bridgehead atoms. The molecule has 0 spiro atoms. The van der Waals surface area contributed by atoms with Gasteiger partial charge in [-0.1, -0.05) is 0 Å². The number of hydrogen-bond donors (Lipinski definition) is 0. The van der Waals surface area contributed by atoms with Gasteiger partial charge < -0.3 is 0 Å². The fourth-order valence-corrected chi connectivity index (χ4v) is 16.9. The number of aliphatic imine (C=N–C) groups is 2. The molecule has 0 N–H and O–H groups in total. The van der Waals surface area contributed by atoms with E-state index in [0.717, 1.165) is 30.9 Å². The average molecular weight is 531 g/mol. The Kier molecular flexibility index (Phi) is 4.50. The van der Waals surface area contributed by atoms with Gasteiger partial charge in [-0.05, 0) is 0 Å². The molecule has 9 heteroatoms. The summed E-state index contributed by atoms with van der Waals surface area (Å²) in [5, 5.41) is 2.81. The Morgan fingerprint density at radius 2 is 1.12 bits per heavy atom. The number of halogens is 2. The molecule has 0 aromatic heterocycles. The quantitative estimate of drug-likeness (QED) is 0.426. The molecule has 26 heavy (non-hydrogen) atoms. The Morgan fingerprint density at radius 1 is 0.692 bits per heavy atom. The van der Waals surface area contributed by atoms with Crippen LogP contribution in [0.5, 0.6) is 0 Å². The van der Waals surface area contributed by atoms with Crippen LogP contribution in [0.15, 0.2) is 70.9 Å². The van der Waals surface area contributed by atoms with Crippen LogP contribution in [0, 0.1) is 0 Å². The van der Waals surface area contributed by atoms with Gasteiger partial charge in [0.2, 0.25) is 0 Å². The third-order valence-corrected chi connectivity index (χ3v) is 16.9. The van der Waals surface area contributed by atoms with Crippen molar-refractivity contribution in [2.75, 3.05) is 0 Å². The van der Waals surface area contributed by atoms with Gasteiger partial charge in [0.05, 0.1) is 0 Å². The van der Waals surface area contributed by atoms with Crippen LogP contribution in [-0.4, -0.2) is 52.1 Å². The zero-order valence-corrected chi connectivity index (χ0v) is 18.8.